The van der Waals surface area contributed by atoms with Crippen LogP contribution in [0.4, 0.5) is 4.79 Å². The average molecular weight is 284 g/mol. The molecule has 0 radical (unpaired) electrons. The van der Waals surface area contributed by atoms with E-state index in [2.05, 4.69) is 19.2 Å². The molecule has 0 bridgehead atoms. The number of hydrogen-bond donors (Lipinski definition) is 2. The van der Waals surface area contributed by atoms with Gasteiger partial charge in [0.25, 0.3) is 0 Å². The van der Waals surface area contributed by atoms with E-state index in [0.717, 1.165) is 25.7 Å². The van der Waals surface area contributed by atoms with E-state index < -0.39 is 12.0 Å². The lowest BCUT2D eigenvalue weighted by atomic mass is 9.89. The highest BCUT2D eigenvalue weighted by atomic mass is 16.4. The van der Waals surface area contributed by atoms with E-state index in [9.17, 15) is 14.7 Å². The topological polar surface area (TPSA) is 69.6 Å². The van der Waals surface area contributed by atoms with Gasteiger partial charge >= 0.3 is 12.0 Å². The van der Waals surface area contributed by atoms with Crippen molar-refractivity contribution in [2.24, 2.45) is 5.92 Å². The van der Waals surface area contributed by atoms with Crippen molar-refractivity contribution >= 4 is 12.0 Å². The Morgan fingerprint density at radius 2 is 2.00 bits per heavy atom. The number of hydrogen-bond acceptors (Lipinski definition) is 2. The van der Waals surface area contributed by atoms with Crippen molar-refractivity contribution in [1.29, 1.82) is 0 Å². The zero-order chi connectivity index (χ0) is 15.3. The summed E-state index contributed by atoms with van der Waals surface area (Å²) in [6.07, 6.45) is 4.28. The lowest BCUT2D eigenvalue weighted by molar-refractivity contribution is -0.144. The summed E-state index contributed by atoms with van der Waals surface area (Å²) in [6, 6.07) is -0.934. The predicted molar refractivity (Wildman–Crippen MR) is 78.7 cm³/mol. The maximum atomic E-state index is 12.3. The van der Waals surface area contributed by atoms with E-state index in [1.165, 1.54) is 4.90 Å². The Kier molecular flexibility index (Phi) is 5.84. The highest BCUT2D eigenvalue weighted by Gasteiger charge is 2.36. The maximum Gasteiger partial charge on any atom is 0.326 e. The molecule has 0 aromatic heterocycles. The molecule has 2 N–H and O–H groups in total. The molecule has 2 amide bonds. The molecule has 2 atom stereocenters. The largest absolute Gasteiger partial charge is 0.480 e. The van der Waals surface area contributed by atoms with Gasteiger partial charge in [0.15, 0.2) is 0 Å². The first kappa shape index (κ1) is 16.8. The van der Waals surface area contributed by atoms with Crippen LogP contribution in [0.15, 0.2) is 0 Å². The van der Waals surface area contributed by atoms with Crippen LogP contribution in [0.25, 0.3) is 0 Å². The molecule has 1 saturated heterocycles. The van der Waals surface area contributed by atoms with Gasteiger partial charge in [-0.15, -0.1) is 0 Å². The molecule has 1 aliphatic heterocycles. The van der Waals surface area contributed by atoms with Crippen molar-refractivity contribution in [2.75, 3.05) is 6.54 Å². The second kappa shape index (κ2) is 6.95. The number of nitrogens with zero attached hydrogens (tertiary/aromatic N) is 1. The van der Waals surface area contributed by atoms with Gasteiger partial charge in [0, 0.05) is 12.1 Å². The third-order valence-corrected chi connectivity index (χ3v) is 4.15. The standard InChI is InChI=1S/C15H28N2O3/c1-5-8-15(3,4)16-14(20)17-9-7-11(6-2)10-12(17)13(18)19/h11-12H,5-10H2,1-4H3,(H,16,20)(H,18,19). The molecule has 1 fully saturated rings. The molecular formula is C15H28N2O3. The number of carboxylic acids is 1. The summed E-state index contributed by atoms with van der Waals surface area (Å²) in [5.74, 6) is -0.490. The summed E-state index contributed by atoms with van der Waals surface area (Å²) >= 11 is 0. The molecule has 1 rings (SSSR count). The zero-order valence-corrected chi connectivity index (χ0v) is 13.1. The predicted octanol–water partition coefficient (Wildman–Crippen LogP) is 2.85. The number of likely N-dealkylation sites (tertiary alicyclic amines) is 1. The minimum absolute atomic E-state index is 0.245. The van der Waals surface area contributed by atoms with E-state index in [1.54, 1.807) is 0 Å². The number of urea groups is 1. The van der Waals surface area contributed by atoms with Crippen molar-refractivity contribution in [3.63, 3.8) is 0 Å². The van der Waals surface area contributed by atoms with Crippen LogP contribution in [-0.2, 0) is 4.79 Å². The molecule has 5 nitrogen and oxygen atoms in total. The number of piperidine rings is 1. The number of carbonyl (C=O) groups excluding carboxylic acids is 1. The summed E-state index contributed by atoms with van der Waals surface area (Å²) < 4.78 is 0. The molecule has 0 aromatic carbocycles. The van der Waals surface area contributed by atoms with E-state index in [1.807, 2.05) is 13.8 Å². The first-order valence-electron chi connectivity index (χ1n) is 7.62. The van der Waals surface area contributed by atoms with Crippen LogP contribution < -0.4 is 5.32 Å². The van der Waals surface area contributed by atoms with Crippen molar-refractivity contribution < 1.29 is 14.7 Å². The molecule has 1 aliphatic rings. The first-order valence-corrected chi connectivity index (χ1v) is 7.62. The van der Waals surface area contributed by atoms with E-state index in [4.69, 9.17) is 0 Å². The fourth-order valence-electron chi connectivity index (χ4n) is 2.94. The third-order valence-electron chi connectivity index (χ3n) is 4.15. The molecule has 2 unspecified atom stereocenters. The van der Waals surface area contributed by atoms with Gasteiger partial charge in [-0.1, -0.05) is 26.7 Å². The van der Waals surface area contributed by atoms with Gasteiger partial charge in [0.2, 0.25) is 0 Å². The number of carbonyl (C=O) groups is 2. The summed E-state index contributed by atoms with van der Waals surface area (Å²) in [5, 5.41) is 12.3. The number of rotatable bonds is 5. The van der Waals surface area contributed by atoms with Gasteiger partial charge in [-0.3, -0.25) is 0 Å². The summed E-state index contributed by atoms with van der Waals surface area (Å²) in [4.78, 5) is 25.2. The quantitative estimate of drug-likeness (QED) is 0.815. The minimum atomic E-state index is -0.897. The third kappa shape index (κ3) is 4.39. The maximum absolute atomic E-state index is 12.3. The Balaban J connectivity index is 2.72. The van der Waals surface area contributed by atoms with Crippen LogP contribution in [0.2, 0.25) is 0 Å². The van der Waals surface area contributed by atoms with Gasteiger partial charge in [-0.05, 0) is 39.0 Å². The summed E-state index contributed by atoms with van der Waals surface area (Å²) in [6.45, 7) is 8.62. The van der Waals surface area contributed by atoms with Crippen LogP contribution in [0.5, 0.6) is 0 Å². The van der Waals surface area contributed by atoms with Crippen LogP contribution in [-0.4, -0.2) is 40.1 Å². The molecule has 0 aromatic rings. The van der Waals surface area contributed by atoms with Gasteiger partial charge in [0.1, 0.15) is 6.04 Å². The van der Waals surface area contributed by atoms with E-state index >= 15 is 0 Å². The Morgan fingerprint density at radius 3 is 2.50 bits per heavy atom. The molecule has 20 heavy (non-hydrogen) atoms. The fourth-order valence-corrected chi connectivity index (χ4v) is 2.94. The fraction of sp³-hybridized carbons (Fsp3) is 0.867. The molecule has 116 valence electrons. The van der Waals surface area contributed by atoms with Crippen molar-refractivity contribution in [2.45, 2.75) is 71.4 Å². The van der Waals surface area contributed by atoms with Crippen LogP contribution in [0, 0.1) is 5.92 Å². The summed E-state index contributed by atoms with van der Waals surface area (Å²) in [7, 11) is 0. The van der Waals surface area contributed by atoms with Crippen molar-refractivity contribution in [3.05, 3.63) is 0 Å². The second-order valence-corrected chi connectivity index (χ2v) is 6.41. The number of aliphatic carboxylic acids is 1. The lowest BCUT2D eigenvalue weighted by Crippen LogP contribution is -2.57. The van der Waals surface area contributed by atoms with Crippen molar-refractivity contribution in [3.8, 4) is 0 Å². The lowest BCUT2D eigenvalue weighted by Gasteiger charge is -2.39. The molecule has 0 aliphatic carbocycles. The van der Waals surface area contributed by atoms with E-state index in [0.29, 0.717) is 18.9 Å². The van der Waals surface area contributed by atoms with Gasteiger partial charge in [0.05, 0.1) is 0 Å². The highest BCUT2D eigenvalue weighted by molar-refractivity contribution is 5.83. The zero-order valence-electron chi connectivity index (χ0n) is 13.1. The molecule has 0 saturated carbocycles. The SMILES string of the molecule is CCCC(C)(C)NC(=O)N1CCC(CC)CC1C(=O)O. The van der Waals surface area contributed by atoms with Gasteiger partial charge in [-0.2, -0.15) is 0 Å². The summed E-state index contributed by atoms with van der Waals surface area (Å²) in [5.41, 5.74) is -0.295. The normalized spacial score (nSPS) is 23.5. The van der Waals surface area contributed by atoms with Crippen LogP contribution in [0.3, 0.4) is 0 Å². The van der Waals surface area contributed by atoms with Gasteiger partial charge in [-0.25, -0.2) is 9.59 Å². The molecule has 5 heteroatoms. The second-order valence-electron chi connectivity index (χ2n) is 6.41. The Hall–Kier alpha value is -1.26. The molecule has 1 heterocycles. The first-order chi connectivity index (χ1) is 9.30. The molecular weight excluding hydrogens is 256 g/mol. The van der Waals surface area contributed by atoms with Crippen LogP contribution >= 0.6 is 0 Å². The molecule has 0 spiro atoms. The van der Waals surface area contributed by atoms with E-state index in [-0.39, 0.29) is 11.6 Å². The minimum Gasteiger partial charge on any atom is -0.480 e. The number of carboxylic acid groups (broad SMARTS) is 1. The van der Waals surface area contributed by atoms with Crippen molar-refractivity contribution in [1.82, 2.24) is 10.2 Å². The monoisotopic (exact) mass is 284 g/mol. The van der Waals surface area contributed by atoms with Gasteiger partial charge < -0.3 is 15.3 Å². The highest BCUT2D eigenvalue weighted by Crippen LogP contribution is 2.26. The van der Waals surface area contributed by atoms with Crippen LogP contribution in [0.1, 0.15) is 59.8 Å². The average Bonchev–Trinajstić information content (AvgIpc) is 2.37. The number of nitrogens with one attached hydrogen (secondary N) is 1. The Morgan fingerprint density at radius 1 is 1.35 bits per heavy atom. The Labute approximate surface area is 121 Å². The smallest absolute Gasteiger partial charge is 0.326 e. The number of amides is 2. The Bertz CT molecular complexity index is 355.